The second-order valence-corrected chi connectivity index (χ2v) is 7.48. The quantitative estimate of drug-likeness (QED) is 0.261. The molecular formula is C23H25ClN4O5. The maximum Gasteiger partial charge on any atom is 0.415 e. The highest BCUT2D eigenvalue weighted by molar-refractivity contribution is 6.08. The van der Waals surface area contributed by atoms with E-state index in [1.54, 1.807) is 36.5 Å². The van der Waals surface area contributed by atoms with Crippen LogP contribution in [0.25, 0.3) is 10.9 Å². The summed E-state index contributed by atoms with van der Waals surface area (Å²) in [5.41, 5.74) is 8.37. The lowest BCUT2D eigenvalue weighted by molar-refractivity contribution is -0.137. The molecule has 2 aromatic carbocycles. The van der Waals surface area contributed by atoms with Crippen molar-refractivity contribution in [2.24, 2.45) is 12.8 Å². The van der Waals surface area contributed by atoms with E-state index in [4.69, 9.17) is 21.0 Å². The third kappa shape index (κ3) is 6.11. The number of ketones is 1. The lowest BCUT2D eigenvalue weighted by atomic mass is 10.0. The second kappa shape index (κ2) is 10.6. The fourth-order valence-electron chi connectivity index (χ4n) is 3.35. The SMILES string of the molecule is CN(CC(=O)O)C(=O)Oc1ccc2c(c1)c(C(=O)CCc1ccc(C(=N)N)cc1)cn2C.Cl. The fourth-order valence-corrected chi connectivity index (χ4v) is 3.35. The summed E-state index contributed by atoms with van der Waals surface area (Å²) in [6, 6.07) is 12.1. The molecule has 0 aliphatic rings. The van der Waals surface area contributed by atoms with Gasteiger partial charge in [-0.25, -0.2) is 4.79 Å². The van der Waals surface area contributed by atoms with Crippen molar-refractivity contribution in [1.29, 1.82) is 5.41 Å². The van der Waals surface area contributed by atoms with Crippen molar-refractivity contribution >= 4 is 47.0 Å². The molecule has 1 amide bonds. The number of nitrogens with zero attached hydrogens (tertiary/aromatic N) is 2. The molecule has 10 heteroatoms. The molecule has 0 spiro atoms. The first-order valence-electron chi connectivity index (χ1n) is 9.86. The monoisotopic (exact) mass is 472 g/mol. The van der Waals surface area contributed by atoms with E-state index >= 15 is 0 Å². The number of amides is 1. The van der Waals surface area contributed by atoms with E-state index in [2.05, 4.69) is 0 Å². The molecule has 1 heterocycles. The van der Waals surface area contributed by atoms with Crippen LogP contribution in [-0.4, -0.2) is 51.8 Å². The van der Waals surface area contributed by atoms with E-state index < -0.39 is 18.6 Å². The van der Waals surface area contributed by atoms with Gasteiger partial charge in [0.15, 0.2) is 5.78 Å². The van der Waals surface area contributed by atoms with Crippen molar-refractivity contribution in [3.63, 3.8) is 0 Å². The smallest absolute Gasteiger partial charge is 0.415 e. The molecule has 33 heavy (non-hydrogen) atoms. The predicted octanol–water partition coefficient (Wildman–Crippen LogP) is 3.21. The van der Waals surface area contributed by atoms with Crippen LogP contribution in [0.2, 0.25) is 0 Å². The van der Waals surface area contributed by atoms with Gasteiger partial charge in [0.05, 0.1) is 0 Å². The Morgan fingerprint density at radius 3 is 2.42 bits per heavy atom. The van der Waals surface area contributed by atoms with E-state index in [9.17, 15) is 14.4 Å². The van der Waals surface area contributed by atoms with Gasteiger partial charge in [-0.2, -0.15) is 0 Å². The number of hydrogen-bond donors (Lipinski definition) is 3. The number of carboxylic acid groups (broad SMARTS) is 1. The van der Waals surface area contributed by atoms with E-state index in [1.165, 1.54) is 7.05 Å². The maximum atomic E-state index is 12.9. The molecule has 0 radical (unpaired) electrons. The average molecular weight is 473 g/mol. The number of aryl methyl sites for hydroxylation is 2. The molecule has 1 aromatic heterocycles. The van der Waals surface area contributed by atoms with Gasteiger partial charge < -0.3 is 20.1 Å². The summed E-state index contributed by atoms with van der Waals surface area (Å²) >= 11 is 0. The van der Waals surface area contributed by atoms with E-state index in [1.807, 2.05) is 23.7 Å². The number of aromatic nitrogens is 1. The van der Waals surface area contributed by atoms with Crippen LogP contribution in [0.3, 0.4) is 0 Å². The van der Waals surface area contributed by atoms with Gasteiger partial charge >= 0.3 is 12.1 Å². The fraction of sp³-hybridized carbons (Fsp3) is 0.217. The number of hydrogen-bond acceptors (Lipinski definition) is 5. The van der Waals surface area contributed by atoms with Crippen LogP contribution in [0, 0.1) is 5.41 Å². The molecule has 3 rings (SSSR count). The van der Waals surface area contributed by atoms with Crippen LogP contribution in [0.5, 0.6) is 5.75 Å². The van der Waals surface area contributed by atoms with Crippen LogP contribution in [0.1, 0.15) is 27.9 Å². The van der Waals surface area contributed by atoms with Crippen molar-refractivity contribution in [2.45, 2.75) is 12.8 Å². The molecule has 0 saturated carbocycles. The average Bonchev–Trinajstić information content (AvgIpc) is 3.07. The number of amidine groups is 1. The predicted molar refractivity (Wildman–Crippen MR) is 127 cm³/mol. The van der Waals surface area contributed by atoms with Crippen LogP contribution >= 0.6 is 12.4 Å². The Balaban J connectivity index is 0.00000385. The van der Waals surface area contributed by atoms with Gasteiger partial charge in [0, 0.05) is 48.7 Å². The Kier molecular flexibility index (Phi) is 8.20. The molecule has 0 saturated heterocycles. The number of halogens is 1. The Hall–Kier alpha value is -3.85. The number of Topliss-reactive ketones (excluding diaryl/α,β-unsaturated/α-hetero) is 1. The van der Waals surface area contributed by atoms with Crippen LogP contribution in [0.4, 0.5) is 4.79 Å². The number of likely N-dealkylation sites (N-methyl/N-ethyl adjacent to an activating group) is 1. The van der Waals surface area contributed by atoms with Gasteiger partial charge in [-0.15, -0.1) is 12.4 Å². The number of rotatable bonds is 8. The largest absolute Gasteiger partial charge is 0.480 e. The van der Waals surface area contributed by atoms with Crippen molar-refractivity contribution in [1.82, 2.24) is 9.47 Å². The molecule has 9 nitrogen and oxygen atoms in total. The minimum Gasteiger partial charge on any atom is -0.480 e. The first kappa shape index (κ1) is 25.4. The van der Waals surface area contributed by atoms with E-state index in [0.717, 1.165) is 16.0 Å². The number of carbonyl (C=O) groups excluding carboxylic acids is 2. The van der Waals surface area contributed by atoms with Gasteiger partial charge in [0.2, 0.25) is 0 Å². The highest BCUT2D eigenvalue weighted by atomic mass is 35.5. The number of nitrogen functional groups attached to an aromatic ring is 1. The number of aliphatic carboxylic acids is 1. The first-order valence-corrected chi connectivity index (χ1v) is 9.86. The molecular weight excluding hydrogens is 448 g/mol. The number of nitrogens with two attached hydrogens (primary N) is 1. The van der Waals surface area contributed by atoms with Crippen LogP contribution in [-0.2, 0) is 18.3 Å². The molecule has 0 unspecified atom stereocenters. The highest BCUT2D eigenvalue weighted by Gasteiger charge is 2.18. The molecule has 3 aromatic rings. The maximum absolute atomic E-state index is 12.9. The summed E-state index contributed by atoms with van der Waals surface area (Å²) in [4.78, 5) is 36.7. The Labute approximate surface area is 196 Å². The number of carbonyl (C=O) groups is 3. The summed E-state index contributed by atoms with van der Waals surface area (Å²) in [7, 11) is 3.15. The Bertz CT molecular complexity index is 1200. The summed E-state index contributed by atoms with van der Waals surface area (Å²) in [5.74, 6) is -0.988. The number of carboxylic acids is 1. The highest BCUT2D eigenvalue weighted by Crippen LogP contribution is 2.27. The Morgan fingerprint density at radius 2 is 1.82 bits per heavy atom. The lowest BCUT2D eigenvalue weighted by Crippen LogP contribution is -2.34. The number of benzene rings is 2. The molecule has 0 aliphatic heterocycles. The van der Waals surface area contributed by atoms with Crippen molar-refractivity contribution in [2.75, 3.05) is 13.6 Å². The summed E-state index contributed by atoms with van der Waals surface area (Å²) < 4.78 is 7.09. The zero-order valence-corrected chi connectivity index (χ0v) is 19.0. The van der Waals surface area contributed by atoms with E-state index in [-0.39, 0.29) is 36.2 Å². The third-order valence-electron chi connectivity index (χ3n) is 5.06. The van der Waals surface area contributed by atoms with Gasteiger partial charge in [0.1, 0.15) is 18.1 Å². The third-order valence-corrected chi connectivity index (χ3v) is 5.06. The molecule has 0 atom stereocenters. The summed E-state index contributed by atoms with van der Waals surface area (Å²) in [6.45, 7) is -0.483. The van der Waals surface area contributed by atoms with Crippen molar-refractivity contribution in [3.05, 3.63) is 65.4 Å². The van der Waals surface area contributed by atoms with Gasteiger partial charge in [-0.1, -0.05) is 24.3 Å². The van der Waals surface area contributed by atoms with Crippen LogP contribution < -0.4 is 10.5 Å². The van der Waals surface area contributed by atoms with Gasteiger partial charge in [-0.05, 0) is 30.2 Å². The van der Waals surface area contributed by atoms with Crippen LogP contribution in [0.15, 0.2) is 48.7 Å². The molecule has 0 fully saturated rings. The normalized spacial score (nSPS) is 10.4. The Morgan fingerprint density at radius 1 is 1.15 bits per heavy atom. The minimum atomic E-state index is -1.15. The van der Waals surface area contributed by atoms with Crippen molar-refractivity contribution < 1.29 is 24.2 Å². The molecule has 0 aliphatic carbocycles. The number of nitrogens with one attached hydrogen (secondary N) is 1. The molecule has 174 valence electrons. The zero-order valence-electron chi connectivity index (χ0n) is 18.2. The van der Waals surface area contributed by atoms with Gasteiger partial charge in [0.25, 0.3) is 0 Å². The molecule has 0 bridgehead atoms. The summed E-state index contributed by atoms with van der Waals surface area (Å²) in [6.07, 6.45) is 1.75. The zero-order chi connectivity index (χ0) is 23.4. The first-order chi connectivity index (χ1) is 15.2. The van der Waals surface area contributed by atoms with E-state index in [0.29, 0.717) is 22.9 Å². The number of fused-ring (bicyclic) bond motifs is 1. The summed E-state index contributed by atoms with van der Waals surface area (Å²) in [5, 5.41) is 16.9. The van der Waals surface area contributed by atoms with Crippen molar-refractivity contribution in [3.8, 4) is 5.75 Å². The lowest BCUT2D eigenvalue weighted by Gasteiger charge is -2.14. The number of ether oxygens (including phenoxy) is 1. The topological polar surface area (TPSA) is 139 Å². The second-order valence-electron chi connectivity index (χ2n) is 7.48. The minimum absolute atomic E-state index is 0. The van der Waals surface area contributed by atoms with Gasteiger partial charge in [-0.3, -0.25) is 19.9 Å². The molecule has 4 N–H and O–H groups in total. The standard InChI is InChI=1S/C23H24N4O5.ClH/c1-26-12-18(20(28)10-5-14-3-6-15(7-4-14)22(24)25)17-11-16(8-9-19(17)26)32-23(31)27(2)13-21(29)30;/h3-4,6-9,11-12H,5,10,13H2,1-2H3,(H3,24,25)(H,29,30);1H.